The minimum absolute atomic E-state index is 0.397. The van der Waals surface area contributed by atoms with E-state index in [1.54, 1.807) is 10.8 Å². The summed E-state index contributed by atoms with van der Waals surface area (Å²) in [6.07, 6.45) is 8.17. The van der Waals surface area contributed by atoms with Crippen molar-refractivity contribution in [3.63, 3.8) is 0 Å². The molecule has 128 valence electrons. The molecule has 0 fully saturated rings. The third-order valence-electron chi connectivity index (χ3n) is 3.99. The van der Waals surface area contributed by atoms with Crippen LogP contribution in [-0.2, 0) is 11.2 Å². The smallest absolute Gasteiger partial charge is 0.419 e. The zero-order chi connectivity index (χ0) is 17.6. The molecule has 0 spiro atoms. The average molecular weight is 336 g/mol. The number of rotatable bonds is 1. The highest BCUT2D eigenvalue weighted by atomic mass is 16.6. The summed E-state index contributed by atoms with van der Waals surface area (Å²) in [4.78, 5) is 12.6. The first kappa shape index (κ1) is 15.5. The molecule has 4 rings (SSSR count). The van der Waals surface area contributed by atoms with E-state index < -0.39 is 11.7 Å². The standard InChI is InChI=1S/C19H20N4O2/c1-19(2,3)25-18(24)22-12-16(14-8-4-5-9-15(14)22)23-11-13-7-6-10-20-17(13)21-23/h4-6,8-12H,7H2,1-3H3,(H,20,21). The van der Waals surface area contributed by atoms with Crippen LogP contribution >= 0.6 is 0 Å². The molecular formula is C19H20N4O2. The van der Waals surface area contributed by atoms with Gasteiger partial charge in [-0.1, -0.05) is 24.3 Å². The van der Waals surface area contributed by atoms with Crippen LogP contribution < -0.4 is 5.32 Å². The van der Waals surface area contributed by atoms with Crippen molar-refractivity contribution in [1.29, 1.82) is 0 Å². The SMILES string of the molecule is CC(C)(C)OC(=O)n1cc(-n2cc3c(n2)NC=CC3)c2ccccc21. The molecule has 0 saturated carbocycles. The Hall–Kier alpha value is -3.02. The van der Waals surface area contributed by atoms with E-state index >= 15 is 0 Å². The Morgan fingerprint density at radius 3 is 2.80 bits per heavy atom. The molecule has 0 unspecified atom stereocenters. The lowest BCUT2D eigenvalue weighted by atomic mass is 10.2. The lowest BCUT2D eigenvalue weighted by Gasteiger charge is -2.19. The van der Waals surface area contributed by atoms with E-state index in [1.165, 1.54) is 0 Å². The van der Waals surface area contributed by atoms with Gasteiger partial charge >= 0.3 is 6.09 Å². The number of allylic oxidation sites excluding steroid dienone is 1. The molecular weight excluding hydrogens is 316 g/mol. The van der Waals surface area contributed by atoms with Crippen molar-refractivity contribution < 1.29 is 9.53 Å². The van der Waals surface area contributed by atoms with Gasteiger partial charge in [-0.05, 0) is 39.5 Å². The van der Waals surface area contributed by atoms with Crippen molar-refractivity contribution in [3.8, 4) is 5.69 Å². The fourth-order valence-electron chi connectivity index (χ4n) is 2.93. The molecule has 0 atom stereocenters. The van der Waals surface area contributed by atoms with Crippen molar-refractivity contribution >= 4 is 22.8 Å². The molecule has 1 aliphatic heterocycles. The van der Waals surface area contributed by atoms with Crippen molar-refractivity contribution in [2.45, 2.75) is 32.8 Å². The van der Waals surface area contributed by atoms with Crippen molar-refractivity contribution in [2.75, 3.05) is 5.32 Å². The van der Waals surface area contributed by atoms with E-state index in [9.17, 15) is 4.79 Å². The van der Waals surface area contributed by atoms with Gasteiger partial charge in [0.15, 0.2) is 5.82 Å². The number of anilines is 1. The first-order chi connectivity index (χ1) is 11.9. The van der Waals surface area contributed by atoms with Crippen molar-refractivity contribution in [2.24, 2.45) is 0 Å². The summed E-state index contributed by atoms with van der Waals surface area (Å²) in [7, 11) is 0. The van der Waals surface area contributed by atoms with Crippen LogP contribution in [0.4, 0.5) is 10.6 Å². The molecule has 25 heavy (non-hydrogen) atoms. The van der Waals surface area contributed by atoms with Crippen LogP contribution in [0.25, 0.3) is 16.6 Å². The normalized spacial score (nSPS) is 13.6. The van der Waals surface area contributed by atoms with Crippen LogP contribution in [0.3, 0.4) is 0 Å². The van der Waals surface area contributed by atoms with Gasteiger partial charge in [0.2, 0.25) is 0 Å². The van der Waals surface area contributed by atoms with E-state index in [0.717, 1.165) is 34.4 Å². The first-order valence-corrected chi connectivity index (χ1v) is 8.26. The molecule has 1 N–H and O–H groups in total. The van der Waals surface area contributed by atoms with Gasteiger partial charge in [-0.2, -0.15) is 0 Å². The van der Waals surface area contributed by atoms with Gasteiger partial charge in [-0.15, -0.1) is 5.10 Å². The second kappa shape index (κ2) is 5.51. The number of fused-ring (bicyclic) bond motifs is 2. The maximum atomic E-state index is 12.6. The molecule has 1 aliphatic rings. The van der Waals surface area contributed by atoms with Crippen LogP contribution in [0.5, 0.6) is 0 Å². The number of para-hydroxylation sites is 1. The maximum Gasteiger partial charge on any atom is 0.419 e. The third kappa shape index (κ3) is 2.80. The fraction of sp³-hybridized carbons (Fsp3) is 0.263. The molecule has 3 heterocycles. The van der Waals surface area contributed by atoms with Crippen LogP contribution in [0.15, 0.2) is 48.9 Å². The number of carbonyl (C=O) groups is 1. The Morgan fingerprint density at radius 1 is 1.24 bits per heavy atom. The van der Waals surface area contributed by atoms with Gasteiger partial charge < -0.3 is 10.1 Å². The summed E-state index contributed by atoms with van der Waals surface area (Å²) in [6.45, 7) is 5.58. The fourth-order valence-corrected chi connectivity index (χ4v) is 2.93. The van der Waals surface area contributed by atoms with Crippen LogP contribution in [-0.4, -0.2) is 26.0 Å². The zero-order valence-corrected chi connectivity index (χ0v) is 14.5. The lowest BCUT2D eigenvalue weighted by Crippen LogP contribution is -2.26. The molecule has 6 heteroatoms. The second-order valence-electron chi connectivity index (χ2n) is 7.08. The largest absolute Gasteiger partial charge is 0.443 e. The minimum Gasteiger partial charge on any atom is -0.443 e. The van der Waals surface area contributed by atoms with Crippen molar-refractivity contribution in [1.82, 2.24) is 14.3 Å². The molecule has 0 radical (unpaired) electrons. The summed E-state index contributed by atoms with van der Waals surface area (Å²) in [5.41, 5.74) is 2.21. The van der Waals surface area contributed by atoms with E-state index in [4.69, 9.17) is 4.74 Å². The Kier molecular flexibility index (Phi) is 3.42. The predicted molar refractivity (Wildman–Crippen MR) is 97.2 cm³/mol. The maximum absolute atomic E-state index is 12.6. The van der Waals surface area contributed by atoms with Gasteiger partial charge in [0.05, 0.1) is 11.2 Å². The van der Waals surface area contributed by atoms with Crippen LogP contribution in [0, 0.1) is 0 Å². The minimum atomic E-state index is -0.553. The quantitative estimate of drug-likeness (QED) is 0.727. The topological polar surface area (TPSA) is 61.1 Å². The third-order valence-corrected chi connectivity index (χ3v) is 3.99. The van der Waals surface area contributed by atoms with Gasteiger partial charge in [0, 0.05) is 23.3 Å². The summed E-state index contributed by atoms with van der Waals surface area (Å²) >= 11 is 0. The Labute approximate surface area is 145 Å². The molecule has 0 aliphatic carbocycles. The van der Waals surface area contributed by atoms with E-state index in [-0.39, 0.29) is 0 Å². The molecule has 6 nitrogen and oxygen atoms in total. The van der Waals surface area contributed by atoms with Crippen LogP contribution in [0.2, 0.25) is 0 Å². The number of hydrogen-bond acceptors (Lipinski definition) is 4. The number of benzene rings is 1. The van der Waals surface area contributed by atoms with Gasteiger partial charge in [-0.25, -0.2) is 9.48 Å². The molecule has 0 saturated heterocycles. The number of nitrogens with zero attached hydrogens (tertiary/aromatic N) is 3. The van der Waals surface area contributed by atoms with Gasteiger partial charge in [-0.3, -0.25) is 4.57 Å². The molecule has 2 aromatic heterocycles. The van der Waals surface area contributed by atoms with E-state index in [1.807, 2.05) is 62.1 Å². The number of aromatic nitrogens is 3. The van der Waals surface area contributed by atoms with Gasteiger partial charge in [0.1, 0.15) is 5.60 Å². The second-order valence-corrected chi connectivity index (χ2v) is 7.08. The van der Waals surface area contributed by atoms with Crippen LogP contribution in [0.1, 0.15) is 26.3 Å². The zero-order valence-electron chi connectivity index (χ0n) is 14.5. The predicted octanol–water partition coefficient (Wildman–Crippen LogP) is 4.09. The summed E-state index contributed by atoms with van der Waals surface area (Å²) in [6, 6.07) is 7.75. The highest BCUT2D eigenvalue weighted by molar-refractivity contribution is 5.95. The number of nitrogens with one attached hydrogen (secondary N) is 1. The summed E-state index contributed by atoms with van der Waals surface area (Å²) in [5, 5.41) is 8.70. The van der Waals surface area contributed by atoms with E-state index in [2.05, 4.69) is 16.5 Å². The first-order valence-electron chi connectivity index (χ1n) is 8.26. The van der Waals surface area contributed by atoms with Gasteiger partial charge in [0.25, 0.3) is 0 Å². The summed E-state index contributed by atoms with van der Waals surface area (Å²) < 4.78 is 8.89. The Morgan fingerprint density at radius 2 is 2.04 bits per heavy atom. The number of ether oxygens (including phenoxy) is 1. The molecule has 0 amide bonds. The monoisotopic (exact) mass is 336 g/mol. The lowest BCUT2D eigenvalue weighted by molar-refractivity contribution is 0.0544. The highest BCUT2D eigenvalue weighted by Crippen LogP contribution is 2.28. The van der Waals surface area contributed by atoms with E-state index in [0.29, 0.717) is 0 Å². The average Bonchev–Trinajstić information content (AvgIpc) is 3.14. The summed E-state index contributed by atoms with van der Waals surface area (Å²) in [5.74, 6) is 0.844. The highest BCUT2D eigenvalue weighted by Gasteiger charge is 2.22. The Balaban J connectivity index is 1.82. The molecule has 3 aromatic rings. The van der Waals surface area contributed by atoms with Crippen molar-refractivity contribution in [3.05, 3.63) is 54.5 Å². The number of carbonyl (C=O) groups excluding carboxylic acids is 1. The molecule has 1 aromatic carbocycles. The number of hydrogen-bond donors (Lipinski definition) is 1. The Bertz CT molecular complexity index is 963. The molecule has 0 bridgehead atoms.